The highest BCUT2D eigenvalue weighted by Crippen LogP contribution is 2.22. The molecule has 0 saturated heterocycles. The summed E-state index contributed by atoms with van der Waals surface area (Å²) < 4.78 is 1.59. The van der Waals surface area contributed by atoms with E-state index in [4.69, 9.17) is 10.8 Å². The highest BCUT2D eigenvalue weighted by molar-refractivity contribution is 5.90. The molecule has 0 aliphatic carbocycles. The van der Waals surface area contributed by atoms with Crippen molar-refractivity contribution in [2.75, 3.05) is 5.73 Å². The maximum Gasteiger partial charge on any atom is 0.335 e. The van der Waals surface area contributed by atoms with Crippen LogP contribution in [0.5, 0.6) is 0 Å². The van der Waals surface area contributed by atoms with E-state index in [0.717, 1.165) is 11.0 Å². The lowest BCUT2D eigenvalue weighted by Gasteiger charge is -2.06. The van der Waals surface area contributed by atoms with Crippen molar-refractivity contribution >= 4 is 22.7 Å². The Morgan fingerprint density at radius 1 is 1.21 bits per heavy atom. The number of carboxylic acid groups (broad SMARTS) is 1. The van der Waals surface area contributed by atoms with E-state index < -0.39 is 5.97 Å². The van der Waals surface area contributed by atoms with Gasteiger partial charge < -0.3 is 10.8 Å². The van der Waals surface area contributed by atoms with Gasteiger partial charge in [0, 0.05) is 0 Å². The third kappa shape index (κ3) is 1.79. The third-order valence-electron chi connectivity index (χ3n) is 2.85. The monoisotopic (exact) mass is 254 g/mol. The highest BCUT2D eigenvalue weighted by atomic mass is 16.4. The number of fused-ring (bicyclic) bond motifs is 1. The van der Waals surface area contributed by atoms with Gasteiger partial charge in [-0.3, -0.25) is 0 Å². The molecule has 0 aliphatic rings. The number of aromatic nitrogens is 3. The van der Waals surface area contributed by atoms with Crippen molar-refractivity contribution in [1.82, 2.24) is 15.0 Å². The summed E-state index contributed by atoms with van der Waals surface area (Å²) in [6.45, 7) is 0. The van der Waals surface area contributed by atoms with Crippen molar-refractivity contribution in [1.29, 1.82) is 0 Å². The molecule has 0 radical (unpaired) electrons. The molecule has 0 atom stereocenters. The largest absolute Gasteiger partial charge is 0.478 e. The molecule has 0 amide bonds. The smallest absolute Gasteiger partial charge is 0.335 e. The number of hydrogen-bond acceptors (Lipinski definition) is 4. The molecule has 6 heteroatoms. The van der Waals surface area contributed by atoms with Crippen molar-refractivity contribution in [3.63, 3.8) is 0 Å². The lowest BCUT2D eigenvalue weighted by molar-refractivity contribution is 0.0697. The lowest BCUT2D eigenvalue weighted by atomic mass is 10.1. The van der Waals surface area contributed by atoms with Crippen molar-refractivity contribution < 1.29 is 9.90 Å². The van der Waals surface area contributed by atoms with Gasteiger partial charge in [0.1, 0.15) is 5.52 Å². The predicted octanol–water partition coefficient (Wildman–Crippen LogP) is 1.70. The highest BCUT2D eigenvalue weighted by Gasteiger charge is 2.11. The average molecular weight is 254 g/mol. The maximum absolute atomic E-state index is 10.9. The second-order valence-corrected chi connectivity index (χ2v) is 4.07. The molecule has 0 fully saturated rings. The average Bonchev–Trinajstić information content (AvgIpc) is 2.82. The molecule has 6 nitrogen and oxygen atoms in total. The topological polar surface area (TPSA) is 94.0 Å². The molecule has 0 aliphatic heterocycles. The van der Waals surface area contributed by atoms with E-state index >= 15 is 0 Å². The Labute approximate surface area is 108 Å². The van der Waals surface area contributed by atoms with Gasteiger partial charge in [-0.15, -0.1) is 5.10 Å². The summed E-state index contributed by atoms with van der Waals surface area (Å²) >= 11 is 0. The van der Waals surface area contributed by atoms with Crippen molar-refractivity contribution in [3.8, 4) is 5.69 Å². The molecule has 0 unspecified atom stereocenters. The summed E-state index contributed by atoms with van der Waals surface area (Å²) in [5.41, 5.74) is 8.56. The number of nitrogens with zero attached hydrogens (tertiary/aromatic N) is 3. The zero-order valence-electron chi connectivity index (χ0n) is 9.82. The SMILES string of the molecule is Nc1cc(C(=O)O)ccc1-n1nnc2ccccc21. The fraction of sp³-hybridized carbons (Fsp3) is 0. The number of carboxylic acids is 1. The second kappa shape index (κ2) is 4.09. The van der Waals surface area contributed by atoms with Crippen LogP contribution in [-0.4, -0.2) is 26.1 Å². The number of hydrogen-bond donors (Lipinski definition) is 2. The number of carbonyl (C=O) groups is 1. The molecule has 94 valence electrons. The van der Waals surface area contributed by atoms with Gasteiger partial charge >= 0.3 is 5.97 Å². The minimum atomic E-state index is -1.01. The zero-order chi connectivity index (χ0) is 13.4. The molecule has 0 spiro atoms. The van der Waals surface area contributed by atoms with Gasteiger partial charge in [-0.1, -0.05) is 17.3 Å². The van der Waals surface area contributed by atoms with Crippen LogP contribution in [0.1, 0.15) is 10.4 Å². The molecule has 0 bridgehead atoms. The van der Waals surface area contributed by atoms with Gasteiger partial charge in [0.25, 0.3) is 0 Å². The van der Waals surface area contributed by atoms with Crippen LogP contribution in [0, 0.1) is 0 Å². The summed E-state index contributed by atoms with van der Waals surface area (Å²) in [5, 5.41) is 17.0. The lowest BCUT2D eigenvalue weighted by Crippen LogP contribution is -2.04. The zero-order valence-corrected chi connectivity index (χ0v) is 9.82. The minimum Gasteiger partial charge on any atom is -0.478 e. The molecule has 1 heterocycles. The number of aromatic carboxylic acids is 1. The van der Waals surface area contributed by atoms with Crippen LogP contribution < -0.4 is 5.73 Å². The molecule has 2 aromatic carbocycles. The van der Waals surface area contributed by atoms with E-state index in [-0.39, 0.29) is 5.56 Å². The van der Waals surface area contributed by atoms with Crippen LogP contribution in [0.3, 0.4) is 0 Å². The first-order chi connectivity index (χ1) is 9.16. The predicted molar refractivity (Wildman–Crippen MR) is 70.2 cm³/mol. The fourth-order valence-corrected chi connectivity index (χ4v) is 1.93. The summed E-state index contributed by atoms with van der Waals surface area (Å²) in [6, 6.07) is 12.0. The number of para-hydroxylation sites is 1. The number of benzene rings is 2. The summed E-state index contributed by atoms with van der Waals surface area (Å²) in [7, 11) is 0. The Morgan fingerprint density at radius 2 is 2.00 bits per heavy atom. The van der Waals surface area contributed by atoms with E-state index in [9.17, 15) is 4.79 Å². The second-order valence-electron chi connectivity index (χ2n) is 4.07. The van der Waals surface area contributed by atoms with E-state index in [1.165, 1.54) is 12.1 Å². The molecule has 3 N–H and O–H groups in total. The van der Waals surface area contributed by atoms with E-state index in [0.29, 0.717) is 11.4 Å². The molecule has 19 heavy (non-hydrogen) atoms. The van der Waals surface area contributed by atoms with Crippen LogP contribution in [0.4, 0.5) is 5.69 Å². The van der Waals surface area contributed by atoms with Gasteiger partial charge in [0.05, 0.1) is 22.5 Å². The normalized spacial score (nSPS) is 10.7. The van der Waals surface area contributed by atoms with Crippen LogP contribution in [0.2, 0.25) is 0 Å². The van der Waals surface area contributed by atoms with E-state index in [1.54, 1.807) is 10.7 Å². The Balaban J connectivity index is 2.19. The third-order valence-corrected chi connectivity index (χ3v) is 2.85. The van der Waals surface area contributed by atoms with Gasteiger partial charge in [-0.2, -0.15) is 0 Å². The van der Waals surface area contributed by atoms with Gasteiger partial charge in [0.15, 0.2) is 0 Å². The van der Waals surface area contributed by atoms with Crippen LogP contribution in [0.25, 0.3) is 16.7 Å². The molecule has 3 aromatic rings. The van der Waals surface area contributed by atoms with Crippen LogP contribution in [-0.2, 0) is 0 Å². The Kier molecular flexibility index (Phi) is 2.42. The van der Waals surface area contributed by atoms with Crippen molar-refractivity contribution in [3.05, 3.63) is 48.0 Å². The maximum atomic E-state index is 10.9. The number of nitrogen functional groups attached to an aromatic ring is 1. The number of rotatable bonds is 2. The van der Waals surface area contributed by atoms with E-state index in [2.05, 4.69) is 10.3 Å². The number of nitrogens with two attached hydrogens (primary N) is 1. The Morgan fingerprint density at radius 3 is 2.74 bits per heavy atom. The molecular formula is C13H10N4O2. The summed E-state index contributed by atoms with van der Waals surface area (Å²) in [5.74, 6) is -1.01. The Bertz CT molecular complexity index is 779. The first kappa shape index (κ1) is 11.2. The van der Waals surface area contributed by atoms with Gasteiger partial charge in [-0.05, 0) is 30.3 Å². The van der Waals surface area contributed by atoms with E-state index in [1.807, 2.05) is 24.3 Å². The molecule has 0 saturated carbocycles. The Hall–Kier alpha value is -2.89. The van der Waals surface area contributed by atoms with Crippen LogP contribution in [0.15, 0.2) is 42.5 Å². The van der Waals surface area contributed by atoms with Gasteiger partial charge in [0.2, 0.25) is 0 Å². The minimum absolute atomic E-state index is 0.144. The van der Waals surface area contributed by atoms with Gasteiger partial charge in [-0.25, -0.2) is 9.48 Å². The summed E-state index contributed by atoms with van der Waals surface area (Å²) in [6.07, 6.45) is 0. The quantitative estimate of drug-likeness (QED) is 0.679. The number of anilines is 1. The first-order valence-corrected chi connectivity index (χ1v) is 5.60. The van der Waals surface area contributed by atoms with Crippen molar-refractivity contribution in [2.45, 2.75) is 0 Å². The van der Waals surface area contributed by atoms with Crippen LogP contribution >= 0.6 is 0 Å². The molecule has 3 rings (SSSR count). The fourth-order valence-electron chi connectivity index (χ4n) is 1.93. The first-order valence-electron chi connectivity index (χ1n) is 5.60. The standard InChI is InChI=1S/C13H10N4O2/c14-9-7-8(13(18)19)5-6-11(9)17-12-4-2-1-3-10(12)15-16-17/h1-7H,14H2,(H,18,19). The molecule has 1 aromatic heterocycles. The molecular weight excluding hydrogens is 244 g/mol. The van der Waals surface area contributed by atoms with Crippen molar-refractivity contribution in [2.24, 2.45) is 0 Å². The summed E-state index contributed by atoms with van der Waals surface area (Å²) in [4.78, 5) is 10.9.